The molecule has 1 aliphatic carbocycles. The van der Waals surface area contributed by atoms with Crippen molar-refractivity contribution in [1.29, 1.82) is 0 Å². The molecule has 2 rings (SSSR count). The Kier molecular flexibility index (Phi) is 4.71. The van der Waals surface area contributed by atoms with Crippen molar-refractivity contribution >= 4 is 11.8 Å². The number of piperazine rings is 1. The summed E-state index contributed by atoms with van der Waals surface area (Å²) < 4.78 is 0. The Hall–Kier alpha value is -1.06. The average molecular weight is 280 g/mol. The molecule has 0 aromatic rings. The van der Waals surface area contributed by atoms with E-state index in [0.717, 1.165) is 18.9 Å². The van der Waals surface area contributed by atoms with Crippen LogP contribution in [0.15, 0.2) is 0 Å². The number of carbonyl (C=O) groups excluding carboxylic acids is 2. The summed E-state index contributed by atoms with van der Waals surface area (Å²) in [6.45, 7) is 6.29. The number of nitrogens with zero attached hydrogens (tertiary/aromatic N) is 1. The highest BCUT2D eigenvalue weighted by molar-refractivity contribution is 5.99. The third-order valence-electron chi connectivity index (χ3n) is 4.78. The van der Waals surface area contributed by atoms with Crippen LogP contribution in [0.1, 0.15) is 65.7 Å². The Labute approximate surface area is 122 Å². The molecule has 2 fully saturated rings. The van der Waals surface area contributed by atoms with Gasteiger partial charge in [-0.1, -0.05) is 32.6 Å². The second-order valence-corrected chi connectivity index (χ2v) is 6.83. The van der Waals surface area contributed by atoms with E-state index in [-0.39, 0.29) is 17.9 Å². The standard InChI is InChI=1S/C16H28N2O2/c1-4-13-14(19)17-16(2,3)15(20)18(13)11-7-10-12-8-5-6-9-12/h12-13H,4-11H2,1-3H3,(H,17,19). The van der Waals surface area contributed by atoms with Crippen molar-refractivity contribution in [3.05, 3.63) is 0 Å². The molecule has 0 radical (unpaired) electrons. The summed E-state index contributed by atoms with van der Waals surface area (Å²) >= 11 is 0. The molecule has 0 bridgehead atoms. The van der Waals surface area contributed by atoms with Crippen molar-refractivity contribution in [2.24, 2.45) is 5.92 Å². The normalized spacial score (nSPS) is 26.9. The lowest BCUT2D eigenvalue weighted by atomic mass is 9.94. The van der Waals surface area contributed by atoms with Crippen LogP contribution < -0.4 is 5.32 Å². The molecule has 4 heteroatoms. The van der Waals surface area contributed by atoms with Gasteiger partial charge in [0, 0.05) is 6.54 Å². The Balaban J connectivity index is 1.94. The molecule has 1 atom stereocenters. The minimum absolute atomic E-state index is 0.00188. The quantitative estimate of drug-likeness (QED) is 0.841. The summed E-state index contributed by atoms with van der Waals surface area (Å²) in [7, 11) is 0. The monoisotopic (exact) mass is 280 g/mol. The lowest BCUT2D eigenvalue weighted by Crippen LogP contribution is -2.68. The van der Waals surface area contributed by atoms with Gasteiger partial charge in [0.25, 0.3) is 0 Å². The van der Waals surface area contributed by atoms with Crippen LogP contribution in [-0.4, -0.2) is 34.8 Å². The molecule has 1 unspecified atom stereocenters. The van der Waals surface area contributed by atoms with E-state index in [9.17, 15) is 9.59 Å². The summed E-state index contributed by atoms with van der Waals surface area (Å²) in [5.41, 5.74) is -0.754. The topological polar surface area (TPSA) is 49.4 Å². The van der Waals surface area contributed by atoms with E-state index >= 15 is 0 Å². The third kappa shape index (κ3) is 3.15. The van der Waals surface area contributed by atoms with E-state index in [1.165, 1.54) is 32.1 Å². The van der Waals surface area contributed by atoms with Gasteiger partial charge in [-0.2, -0.15) is 0 Å². The molecular weight excluding hydrogens is 252 g/mol. The van der Waals surface area contributed by atoms with Gasteiger partial charge in [-0.05, 0) is 39.0 Å². The number of hydrogen-bond acceptors (Lipinski definition) is 2. The van der Waals surface area contributed by atoms with Crippen LogP contribution in [0.4, 0.5) is 0 Å². The summed E-state index contributed by atoms with van der Waals surface area (Å²) in [5, 5.41) is 2.84. The number of hydrogen-bond donors (Lipinski definition) is 1. The van der Waals surface area contributed by atoms with Gasteiger partial charge >= 0.3 is 0 Å². The molecule has 0 spiro atoms. The maximum Gasteiger partial charge on any atom is 0.248 e. The summed E-state index contributed by atoms with van der Waals surface area (Å²) in [6.07, 6.45) is 8.32. The molecule has 114 valence electrons. The van der Waals surface area contributed by atoms with E-state index in [1.807, 2.05) is 11.8 Å². The predicted octanol–water partition coefficient (Wildman–Crippen LogP) is 2.47. The van der Waals surface area contributed by atoms with E-state index in [2.05, 4.69) is 5.32 Å². The molecule has 20 heavy (non-hydrogen) atoms. The molecule has 1 heterocycles. The highest BCUT2D eigenvalue weighted by Crippen LogP contribution is 2.29. The smallest absolute Gasteiger partial charge is 0.248 e. The van der Waals surface area contributed by atoms with Crippen molar-refractivity contribution in [2.75, 3.05) is 6.54 Å². The zero-order chi connectivity index (χ0) is 14.8. The Bertz CT molecular complexity index is 373. The zero-order valence-corrected chi connectivity index (χ0v) is 13.1. The zero-order valence-electron chi connectivity index (χ0n) is 13.1. The molecule has 1 saturated heterocycles. The summed E-state index contributed by atoms with van der Waals surface area (Å²) in [6, 6.07) is -0.279. The Morgan fingerprint density at radius 3 is 2.50 bits per heavy atom. The van der Waals surface area contributed by atoms with Crippen LogP contribution in [0.5, 0.6) is 0 Å². The van der Waals surface area contributed by atoms with Crippen molar-refractivity contribution in [1.82, 2.24) is 10.2 Å². The van der Waals surface area contributed by atoms with Crippen LogP contribution in [0, 0.1) is 5.92 Å². The first-order valence-electron chi connectivity index (χ1n) is 8.09. The van der Waals surface area contributed by atoms with E-state index in [1.54, 1.807) is 13.8 Å². The largest absolute Gasteiger partial charge is 0.340 e. The van der Waals surface area contributed by atoms with E-state index in [0.29, 0.717) is 6.42 Å². The molecule has 2 amide bonds. The van der Waals surface area contributed by atoms with Gasteiger partial charge in [0.15, 0.2) is 0 Å². The van der Waals surface area contributed by atoms with Crippen molar-refractivity contribution in [3.8, 4) is 0 Å². The first kappa shape index (κ1) is 15.3. The molecule has 1 aliphatic heterocycles. The number of nitrogens with one attached hydrogen (secondary N) is 1. The number of rotatable bonds is 5. The van der Waals surface area contributed by atoms with Gasteiger partial charge in [-0.3, -0.25) is 9.59 Å². The van der Waals surface area contributed by atoms with Gasteiger partial charge in [0.2, 0.25) is 11.8 Å². The van der Waals surface area contributed by atoms with E-state index in [4.69, 9.17) is 0 Å². The molecule has 1 saturated carbocycles. The minimum Gasteiger partial charge on any atom is -0.340 e. The second-order valence-electron chi connectivity index (χ2n) is 6.83. The molecule has 4 nitrogen and oxygen atoms in total. The van der Waals surface area contributed by atoms with Gasteiger partial charge in [0.05, 0.1) is 0 Å². The van der Waals surface area contributed by atoms with Gasteiger partial charge in [-0.25, -0.2) is 0 Å². The fourth-order valence-corrected chi connectivity index (χ4v) is 3.60. The first-order chi connectivity index (χ1) is 9.45. The van der Waals surface area contributed by atoms with Crippen LogP contribution in [0.2, 0.25) is 0 Å². The van der Waals surface area contributed by atoms with Crippen LogP contribution in [0.25, 0.3) is 0 Å². The fraction of sp³-hybridized carbons (Fsp3) is 0.875. The van der Waals surface area contributed by atoms with Crippen LogP contribution in [0.3, 0.4) is 0 Å². The Morgan fingerprint density at radius 1 is 1.25 bits per heavy atom. The predicted molar refractivity (Wildman–Crippen MR) is 79.2 cm³/mol. The fourth-order valence-electron chi connectivity index (χ4n) is 3.60. The van der Waals surface area contributed by atoms with Gasteiger partial charge in [0.1, 0.15) is 11.6 Å². The minimum atomic E-state index is -0.754. The molecule has 1 N–H and O–H groups in total. The average Bonchev–Trinajstić information content (AvgIpc) is 2.88. The third-order valence-corrected chi connectivity index (χ3v) is 4.78. The van der Waals surface area contributed by atoms with Crippen molar-refractivity contribution in [2.45, 2.75) is 77.3 Å². The first-order valence-corrected chi connectivity index (χ1v) is 8.09. The van der Waals surface area contributed by atoms with E-state index < -0.39 is 5.54 Å². The SMILES string of the molecule is CCC1C(=O)NC(C)(C)C(=O)N1CCCC1CCCC1. The maximum atomic E-state index is 12.5. The van der Waals surface area contributed by atoms with Crippen molar-refractivity contribution in [3.63, 3.8) is 0 Å². The molecular formula is C16H28N2O2. The molecule has 0 aromatic heterocycles. The van der Waals surface area contributed by atoms with Gasteiger partial charge < -0.3 is 10.2 Å². The Morgan fingerprint density at radius 2 is 1.90 bits per heavy atom. The molecule has 2 aliphatic rings. The maximum absolute atomic E-state index is 12.5. The van der Waals surface area contributed by atoms with Crippen LogP contribution >= 0.6 is 0 Å². The molecule has 0 aromatic carbocycles. The van der Waals surface area contributed by atoms with Gasteiger partial charge in [-0.15, -0.1) is 0 Å². The number of amides is 2. The lowest BCUT2D eigenvalue weighted by Gasteiger charge is -2.42. The summed E-state index contributed by atoms with van der Waals surface area (Å²) in [4.78, 5) is 26.4. The highest BCUT2D eigenvalue weighted by Gasteiger charge is 2.44. The summed E-state index contributed by atoms with van der Waals surface area (Å²) in [5.74, 6) is 0.908. The number of carbonyl (C=O) groups is 2. The highest BCUT2D eigenvalue weighted by atomic mass is 16.2. The van der Waals surface area contributed by atoms with Crippen LogP contribution in [-0.2, 0) is 9.59 Å². The lowest BCUT2D eigenvalue weighted by molar-refractivity contribution is -0.153. The van der Waals surface area contributed by atoms with Crippen molar-refractivity contribution < 1.29 is 9.59 Å². The second kappa shape index (κ2) is 6.15.